The second-order valence-corrected chi connectivity index (χ2v) is 9.30. The minimum atomic E-state index is 0.00375. The number of hydrogen-bond acceptors (Lipinski definition) is 6. The molecule has 3 N–H and O–H groups in total. The summed E-state index contributed by atoms with van der Waals surface area (Å²) in [6, 6.07) is 11.6. The first-order chi connectivity index (χ1) is 16.5. The van der Waals surface area contributed by atoms with Crippen LogP contribution in [-0.2, 0) is 6.42 Å². The molecule has 5 rings (SSSR count). The van der Waals surface area contributed by atoms with E-state index in [1.807, 2.05) is 43.0 Å². The number of fused-ring (bicyclic) bond motifs is 1. The van der Waals surface area contributed by atoms with Crippen molar-refractivity contribution in [2.45, 2.75) is 58.1 Å². The highest BCUT2D eigenvalue weighted by Crippen LogP contribution is 2.38. The van der Waals surface area contributed by atoms with Crippen LogP contribution in [0.15, 0.2) is 40.9 Å². The molecule has 2 aromatic carbocycles. The predicted molar refractivity (Wildman–Crippen MR) is 130 cm³/mol. The van der Waals surface area contributed by atoms with E-state index < -0.39 is 0 Å². The monoisotopic (exact) mass is 461 g/mol. The van der Waals surface area contributed by atoms with Crippen LogP contribution in [0.4, 0.5) is 10.5 Å². The maximum Gasteiger partial charge on any atom is 0.317 e. The van der Waals surface area contributed by atoms with Crippen LogP contribution >= 0.6 is 0 Å². The van der Waals surface area contributed by atoms with E-state index >= 15 is 0 Å². The molecular formula is C26H31N5O3. The van der Waals surface area contributed by atoms with Crippen molar-refractivity contribution in [3.8, 4) is 28.6 Å². The fourth-order valence-electron chi connectivity index (χ4n) is 4.84. The fraction of sp³-hybridized carbons (Fsp3) is 0.423. The van der Waals surface area contributed by atoms with Gasteiger partial charge >= 0.3 is 6.03 Å². The van der Waals surface area contributed by atoms with Gasteiger partial charge in [-0.2, -0.15) is 4.98 Å². The van der Waals surface area contributed by atoms with Gasteiger partial charge in [-0.05, 0) is 75.3 Å². The zero-order valence-electron chi connectivity index (χ0n) is 19.7. The van der Waals surface area contributed by atoms with Crippen molar-refractivity contribution in [3.63, 3.8) is 0 Å². The van der Waals surface area contributed by atoms with E-state index in [2.05, 4.69) is 21.5 Å². The molecule has 1 aliphatic carbocycles. The molecule has 8 heteroatoms. The lowest BCUT2D eigenvalue weighted by molar-refractivity contribution is 0.182. The number of aromatic nitrogens is 2. The number of nitrogens with zero attached hydrogens (tertiary/aromatic N) is 3. The number of likely N-dealkylation sites (tertiary alicyclic amines) is 1. The minimum Gasteiger partial charge on any atom is -0.489 e. The molecule has 2 amide bonds. The molecule has 2 aliphatic rings. The van der Waals surface area contributed by atoms with E-state index in [9.17, 15) is 4.79 Å². The average Bonchev–Trinajstić information content (AvgIpc) is 3.48. The zero-order valence-corrected chi connectivity index (χ0v) is 19.7. The van der Waals surface area contributed by atoms with Crippen LogP contribution in [0, 0.1) is 0 Å². The number of urea groups is 1. The number of hydrogen-bond donors (Lipinski definition) is 2. The number of anilines is 1. The number of nitrogens with one attached hydrogen (secondary N) is 1. The highest BCUT2D eigenvalue weighted by Gasteiger charge is 2.29. The molecule has 1 fully saturated rings. The standard InChI is InChI=1S/C26H31N5O3/c1-16(2)33-23-12-9-17(15-21(23)27)25-29-24(30-34-25)20-8-6-7-19-18(20)10-11-22(19)28-26(32)31-13-4-3-5-14-31/h6-9,12,15-16,22H,3-5,10-11,13-14,27H2,1-2H3,(H,28,32)/t22-/m0/s1. The molecule has 8 nitrogen and oxygen atoms in total. The van der Waals surface area contributed by atoms with Crippen molar-refractivity contribution in [2.24, 2.45) is 0 Å². The number of nitrogen functional groups attached to an aromatic ring is 1. The van der Waals surface area contributed by atoms with E-state index in [1.54, 1.807) is 6.07 Å². The Morgan fingerprint density at radius 1 is 1.21 bits per heavy atom. The van der Waals surface area contributed by atoms with E-state index in [0.29, 0.717) is 23.2 Å². The Morgan fingerprint density at radius 3 is 2.79 bits per heavy atom. The van der Waals surface area contributed by atoms with Crippen LogP contribution in [0.2, 0.25) is 0 Å². The summed E-state index contributed by atoms with van der Waals surface area (Å²) in [6.45, 7) is 5.59. The molecule has 1 atom stereocenters. The molecule has 0 bridgehead atoms. The second-order valence-electron chi connectivity index (χ2n) is 9.30. The van der Waals surface area contributed by atoms with Crippen LogP contribution in [-0.4, -0.2) is 40.3 Å². The second kappa shape index (κ2) is 9.37. The number of benzene rings is 2. The van der Waals surface area contributed by atoms with Crippen LogP contribution in [0.25, 0.3) is 22.8 Å². The van der Waals surface area contributed by atoms with Crippen LogP contribution < -0.4 is 15.8 Å². The molecule has 3 aromatic rings. The number of ether oxygens (including phenoxy) is 1. The lowest BCUT2D eigenvalue weighted by Crippen LogP contribution is -2.43. The van der Waals surface area contributed by atoms with E-state index in [-0.39, 0.29) is 18.2 Å². The number of rotatable bonds is 5. The third-order valence-electron chi connectivity index (χ3n) is 6.50. The van der Waals surface area contributed by atoms with Gasteiger partial charge in [0.2, 0.25) is 5.82 Å². The van der Waals surface area contributed by atoms with Gasteiger partial charge in [0, 0.05) is 24.2 Å². The smallest absolute Gasteiger partial charge is 0.317 e. The highest BCUT2D eigenvalue weighted by molar-refractivity contribution is 5.76. The van der Waals surface area contributed by atoms with E-state index in [4.69, 9.17) is 15.0 Å². The molecule has 178 valence electrons. The molecule has 2 heterocycles. The molecular weight excluding hydrogens is 430 g/mol. The number of amides is 2. The fourth-order valence-corrected chi connectivity index (χ4v) is 4.84. The summed E-state index contributed by atoms with van der Waals surface area (Å²) < 4.78 is 11.3. The Morgan fingerprint density at radius 2 is 2.03 bits per heavy atom. The summed E-state index contributed by atoms with van der Waals surface area (Å²) in [5.41, 5.74) is 10.7. The van der Waals surface area contributed by atoms with Gasteiger partial charge in [-0.3, -0.25) is 0 Å². The van der Waals surface area contributed by atoms with Crippen molar-refractivity contribution in [1.29, 1.82) is 0 Å². The first kappa shape index (κ1) is 22.3. The first-order valence-electron chi connectivity index (χ1n) is 12.1. The Bertz CT molecular complexity index is 1180. The zero-order chi connectivity index (χ0) is 23.7. The van der Waals surface area contributed by atoms with Crippen molar-refractivity contribution >= 4 is 11.7 Å². The maximum absolute atomic E-state index is 12.7. The number of carbonyl (C=O) groups is 1. The summed E-state index contributed by atoms with van der Waals surface area (Å²) in [5, 5.41) is 7.48. The number of nitrogens with two attached hydrogens (primary N) is 1. The summed E-state index contributed by atoms with van der Waals surface area (Å²) in [7, 11) is 0. The SMILES string of the molecule is CC(C)Oc1ccc(-c2nc(-c3cccc4c3CC[C@@H]4NC(=O)N3CCCCC3)no2)cc1N. The number of piperidine rings is 1. The van der Waals surface area contributed by atoms with Crippen molar-refractivity contribution < 1.29 is 14.1 Å². The van der Waals surface area contributed by atoms with E-state index in [0.717, 1.165) is 55.5 Å². The Kier molecular flexibility index (Phi) is 6.13. The third-order valence-corrected chi connectivity index (χ3v) is 6.50. The van der Waals surface area contributed by atoms with Gasteiger partial charge in [0.1, 0.15) is 5.75 Å². The van der Waals surface area contributed by atoms with Gasteiger partial charge in [-0.1, -0.05) is 23.4 Å². The predicted octanol–water partition coefficient (Wildman–Crippen LogP) is 4.96. The van der Waals surface area contributed by atoms with Crippen LogP contribution in [0.1, 0.15) is 56.7 Å². The van der Waals surface area contributed by atoms with E-state index in [1.165, 1.54) is 12.0 Å². The average molecular weight is 462 g/mol. The highest BCUT2D eigenvalue weighted by atomic mass is 16.5. The summed E-state index contributed by atoms with van der Waals surface area (Å²) >= 11 is 0. The molecule has 1 aliphatic heterocycles. The normalized spacial score (nSPS) is 17.6. The third kappa shape index (κ3) is 4.44. The molecule has 1 aromatic heterocycles. The summed E-state index contributed by atoms with van der Waals surface area (Å²) in [6.07, 6.45) is 5.13. The summed E-state index contributed by atoms with van der Waals surface area (Å²) in [4.78, 5) is 19.3. The topological polar surface area (TPSA) is 107 Å². The Balaban J connectivity index is 1.35. The lowest BCUT2D eigenvalue weighted by atomic mass is 10.0. The van der Waals surface area contributed by atoms with Crippen molar-refractivity contribution in [2.75, 3.05) is 18.8 Å². The molecule has 0 saturated carbocycles. The quantitative estimate of drug-likeness (QED) is 0.521. The van der Waals surface area contributed by atoms with Crippen LogP contribution in [0.5, 0.6) is 5.75 Å². The van der Waals surface area contributed by atoms with Gasteiger partial charge in [0.05, 0.1) is 17.8 Å². The number of carbonyl (C=O) groups excluding carboxylic acids is 1. The van der Waals surface area contributed by atoms with Gasteiger partial charge in [-0.25, -0.2) is 4.79 Å². The molecule has 34 heavy (non-hydrogen) atoms. The molecule has 0 unspecified atom stereocenters. The Hall–Kier alpha value is -3.55. The van der Waals surface area contributed by atoms with Gasteiger partial charge in [0.15, 0.2) is 0 Å². The van der Waals surface area contributed by atoms with Crippen LogP contribution in [0.3, 0.4) is 0 Å². The molecule has 0 spiro atoms. The van der Waals surface area contributed by atoms with Crippen molar-refractivity contribution in [1.82, 2.24) is 20.4 Å². The molecule has 0 radical (unpaired) electrons. The van der Waals surface area contributed by atoms with Gasteiger partial charge < -0.3 is 25.2 Å². The van der Waals surface area contributed by atoms with Gasteiger partial charge in [-0.15, -0.1) is 0 Å². The first-order valence-corrected chi connectivity index (χ1v) is 12.1. The summed E-state index contributed by atoms with van der Waals surface area (Å²) in [5.74, 6) is 1.58. The lowest BCUT2D eigenvalue weighted by Gasteiger charge is -2.28. The maximum atomic E-state index is 12.7. The minimum absolute atomic E-state index is 0.00375. The largest absolute Gasteiger partial charge is 0.489 e. The molecule has 1 saturated heterocycles. The Labute approximate surface area is 199 Å². The van der Waals surface area contributed by atoms with Crippen molar-refractivity contribution in [3.05, 3.63) is 47.5 Å². The van der Waals surface area contributed by atoms with Gasteiger partial charge in [0.25, 0.3) is 5.89 Å².